The van der Waals surface area contributed by atoms with Crippen molar-refractivity contribution in [2.45, 2.75) is 32.3 Å². The molecular formula is C26H30F2N4O3. The summed E-state index contributed by atoms with van der Waals surface area (Å²) in [5.41, 5.74) is 2.23. The van der Waals surface area contributed by atoms with Crippen molar-refractivity contribution in [2.75, 3.05) is 38.7 Å². The summed E-state index contributed by atoms with van der Waals surface area (Å²) in [7, 11) is 1.33. The zero-order chi connectivity index (χ0) is 24.8. The van der Waals surface area contributed by atoms with Crippen LogP contribution in [-0.4, -0.2) is 53.3 Å². The third-order valence-electron chi connectivity index (χ3n) is 6.31. The number of β-amino-alcohol motifs (C(OH)–C–C–N with tert-alkyl or cyclic N) is 1. The van der Waals surface area contributed by atoms with Crippen molar-refractivity contribution in [3.63, 3.8) is 0 Å². The molecule has 3 aromatic rings. The van der Waals surface area contributed by atoms with E-state index in [1.54, 1.807) is 6.92 Å². The van der Waals surface area contributed by atoms with Crippen molar-refractivity contribution in [1.82, 2.24) is 14.9 Å². The van der Waals surface area contributed by atoms with Crippen LogP contribution in [0.3, 0.4) is 0 Å². The number of hydrogen-bond donors (Lipinski definition) is 2. The normalized spacial score (nSPS) is 14.7. The highest BCUT2D eigenvalue weighted by Gasteiger charge is 2.20. The smallest absolute Gasteiger partial charge is 0.227 e. The fraction of sp³-hybridized carbons (Fsp3) is 0.385. The molecule has 0 aliphatic carbocycles. The maximum Gasteiger partial charge on any atom is 0.227 e. The van der Waals surface area contributed by atoms with E-state index in [0.717, 1.165) is 38.2 Å². The molecule has 2 N–H and O–H groups in total. The number of nitrogens with zero attached hydrogens (tertiary/aromatic N) is 3. The maximum atomic E-state index is 14.4. The predicted molar refractivity (Wildman–Crippen MR) is 129 cm³/mol. The van der Waals surface area contributed by atoms with E-state index < -0.39 is 11.6 Å². The zero-order valence-electron chi connectivity index (χ0n) is 19.9. The molecule has 0 radical (unpaired) electrons. The highest BCUT2D eigenvalue weighted by Crippen LogP contribution is 2.30. The van der Waals surface area contributed by atoms with Gasteiger partial charge >= 0.3 is 0 Å². The lowest BCUT2D eigenvalue weighted by Crippen LogP contribution is -2.34. The van der Waals surface area contributed by atoms with Crippen LogP contribution in [0.15, 0.2) is 42.7 Å². The van der Waals surface area contributed by atoms with Crippen molar-refractivity contribution < 1.29 is 23.4 Å². The molecule has 0 amide bonds. The van der Waals surface area contributed by atoms with Gasteiger partial charge in [-0.25, -0.2) is 18.7 Å². The number of likely N-dealkylation sites (tertiary alicyclic amines) is 1. The fourth-order valence-electron chi connectivity index (χ4n) is 4.29. The van der Waals surface area contributed by atoms with Crippen molar-refractivity contribution in [3.8, 4) is 11.5 Å². The van der Waals surface area contributed by atoms with Crippen LogP contribution in [0.25, 0.3) is 0 Å². The number of benzene rings is 2. The quantitative estimate of drug-likeness (QED) is 0.461. The topological polar surface area (TPSA) is 79.7 Å². The van der Waals surface area contributed by atoms with Crippen LogP contribution < -0.4 is 14.8 Å². The van der Waals surface area contributed by atoms with Crippen LogP contribution >= 0.6 is 0 Å². The van der Waals surface area contributed by atoms with Gasteiger partial charge in [0.2, 0.25) is 5.95 Å². The van der Waals surface area contributed by atoms with Gasteiger partial charge in [-0.1, -0.05) is 12.1 Å². The van der Waals surface area contributed by atoms with E-state index in [-0.39, 0.29) is 35.8 Å². The molecule has 0 atom stereocenters. The Morgan fingerprint density at radius 2 is 1.77 bits per heavy atom. The number of aliphatic hydroxyl groups is 1. The number of anilines is 2. The Bertz CT molecular complexity index is 1120. The van der Waals surface area contributed by atoms with Gasteiger partial charge in [-0.15, -0.1) is 0 Å². The third-order valence-corrected chi connectivity index (χ3v) is 6.31. The summed E-state index contributed by atoms with van der Waals surface area (Å²) < 4.78 is 39.3. The molecule has 1 aromatic heterocycles. The Balaban J connectivity index is 1.33. The number of piperidine rings is 1. The SMILES string of the molecule is COc1cc(C)c(F)c(COc2cnc(Nc3ccc(C4CCN(CCO)CC4)cc3)nc2)c1F. The van der Waals surface area contributed by atoms with Crippen LogP contribution in [0.1, 0.15) is 35.4 Å². The molecular weight excluding hydrogens is 454 g/mol. The number of aromatic nitrogens is 2. The summed E-state index contributed by atoms with van der Waals surface area (Å²) in [5.74, 6) is -0.281. The minimum atomic E-state index is -0.783. The van der Waals surface area contributed by atoms with Crippen molar-refractivity contribution in [3.05, 3.63) is 71.1 Å². The van der Waals surface area contributed by atoms with E-state index in [4.69, 9.17) is 14.6 Å². The van der Waals surface area contributed by atoms with E-state index >= 15 is 0 Å². The second kappa shape index (κ2) is 11.4. The molecule has 0 spiro atoms. The third kappa shape index (κ3) is 6.04. The van der Waals surface area contributed by atoms with Crippen LogP contribution in [0.4, 0.5) is 20.4 Å². The average Bonchev–Trinajstić information content (AvgIpc) is 2.88. The monoisotopic (exact) mass is 484 g/mol. The van der Waals surface area contributed by atoms with E-state index in [9.17, 15) is 8.78 Å². The Labute approximate surface area is 203 Å². The van der Waals surface area contributed by atoms with Crippen LogP contribution in [0, 0.1) is 18.6 Å². The lowest BCUT2D eigenvalue weighted by Gasteiger charge is -2.31. The van der Waals surface area contributed by atoms with Crippen LogP contribution in [-0.2, 0) is 6.61 Å². The van der Waals surface area contributed by atoms with Gasteiger partial charge in [-0.2, -0.15) is 0 Å². The second-order valence-electron chi connectivity index (χ2n) is 8.62. The fourth-order valence-corrected chi connectivity index (χ4v) is 4.29. The molecule has 0 saturated carbocycles. The van der Waals surface area contributed by atoms with Crippen LogP contribution in [0.5, 0.6) is 11.5 Å². The van der Waals surface area contributed by atoms with E-state index in [2.05, 4.69) is 32.3 Å². The minimum Gasteiger partial charge on any atom is -0.494 e. The Morgan fingerprint density at radius 1 is 1.09 bits per heavy atom. The predicted octanol–water partition coefficient (Wildman–Crippen LogP) is 4.57. The number of methoxy groups -OCH3 is 1. The first-order chi connectivity index (χ1) is 17.0. The van der Waals surface area contributed by atoms with Gasteiger partial charge in [-0.3, -0.25) is 0 Å². The summed E-state index contributed by atoms with van der Waals surface area (Å²) in [5, 5.41) is 12.2. The molecule has 4 rings (SSSR count). The number of ether oxygens (including phenoxy) is 2. The molecule has 186 valence electrons. The second-order valence-corrected chi connectivity index (χ2v) is 8.62. The molecule has 0 unspecified atom stereocenters. The molecule has 1 aliphatic rings. The number of aryl methyl sites for hydroxylation is 1. The standard InChI is InChI=1S/C26H30F2N4O3/c1-17-13-23(34-2)25(28)22(24(17)27)16-35-21-14-29-26(30-15-21)31-20-5-3-18(4-6-20)19-7-9-32(10-8-19)11-12-33/h3-6,13-15,19,33H,7-12,16H2,1-2H3,(H,29,30,31). The first kappa shape index (κ1) is 24.8. The van der Waals surface area contributed by atoms with Gasteiger partial charge in [0.05, 0.1) is 31.7 Å². The van der Waals surface area contributed by atoms with Gasteiger partial charge in [0, 0.05) is 12.2 Å². The largest absolute Gasteiger partial charge is 0.494 e. The van der Waals surface area contributed by atoms with Crippen molar-refractivity contribution >= 4 is 11.6 Å². The summed E-state index contributed by atoms with van der Waals surface area (Å²) in [6.07, 6.45) is 5.07. The van der Waals surface area contributed by atoms with E-state index in [1.807, 2.05) is 12.1 Å². The number of aliphatic hydroxyl groups excluding tert-OH is 1. The average molecular weight is 485 g/mol. The molecule has 1 aliphatic heterocycles. The highest BCUT2D eigenvalue weighted by atomic mass is 19.1. The lowest BCUT2D eigenvalue weighted by molar-refractivity contribution is 0.164. The van der Waals surface area contributed by atoms with Gasteiger partial charge in [0.25, 0.3) is 0 Å². The van der Waals surface area contributed by atoms with E-state index in [1.165, 1.54) is 31.1 Å². The molecule has 1 saturated heterocycles. The van der Waals surface area contributed by atoms with Gasteiger partial charge in [0.15, 0.2) is 17.3 Å². The van der Waals surface area contributed by atoms with Crippen molar-refractivity contribution in [1.29, 1.82) is 0 Å². The summed E-state index contributed by atoms with van der Waals surface area (Å²) >= 11 is 0. The molecule has 2 aromatic carbocycles. The van der Waals surface area contributed by atoms with Gasteiger partial charge in [0.1, 0.15) is 12.4 Å². The van der Waals surface area contributed by atoms with Crippen molar-refractivity contribution in [2.24, 2.45) is 0 Å². The first-order valence-corrected chi connectivity index (χ1v) is 11.6. The number of nitrogens with one attached hydrogen (secondary N) is 1. The molecule has 9 heteroatoms. The Hall–Kier alpha value is -3.30. The Morgan fingerprint density at radius 3 is 2.40 bits per heavy atom. The zero-order valence-corrected chi connectivity index (χ0v) is 19.9. The summed E-state index contributed by atoms with van der Waals surface area (Å²) in [6.45, 7) is 4.19. The molecule has 7 nitrogen and oxygen atoms in total. The minimum absolute atomic E-state index is 0.0310. The first-order valence-electron chi connectivity index (χ1n) is 11.6. The Kier molecular flexibility index (Phi) is 8.09. The molecule has 35 heavy (non-hydrogen) atoms. The highest BCUT2D eigenvalue weighted by molar-refractivity contribution is 5.54. The summed E-state index contributed by atoms with van der Waals surface area (Å²) in [6, 6.07) is 9.54. The molecule has 1 fully saturated rings. The van der Waals surface area contributed by atoms with E-state index in [0.29, 0.717) is 11.9 Å². The number of rotatable bonds is 9. The summed E-state index contributed by atoms with van der Waals surface area (Å²) in [4.78, 5) is 10.8. The number of halogens is 2. The molecule has 0 bridgehead atoms. The van der Waals surface area contributed by atoms with Crippen LogP contribution in [0.2, 0.25) is 0 Å². The van der Waals surface area contributed by atoms with Gasteiger partial charge < -0.3 is 24.8 Å². The van der Waals surface area contributed by atoms with Gasteiger partial charge in [-0.05, 0) is 68.1 Å². The maximum absolute atomic E-state index is 14.4. The lowest BCUT2D eigenvalue weighted by atomic mass is 9.89. The number of hydrogen-bond acceptors (Lipinski definition) is 7. The molecule has 2 heterocycles.